The zero-order valence-corrected chi connectivity index (χ0v) is 26.9. The number of benzene rings is 2. The minimum Gasteiger partial charge on any atom is -0.497 e. The fourth-order valence-electron chi connectivity index (χ4n) is 5.11. The van der Waals surface area contributed by atoms with E-state index in [9.17, 15) is 9.90 Å². The maximum atomic E-state index is 13.2. The van der Waals surface area contributed by atoms with Crippen molar-refractivity contribution in [1.82, 2.24) is 5.32 Å². The Kier molecular flexibility index (Phi) is 15.6. The minimum absolute atomic E-state index is 0.0532. The van der Waals surface area contributed by atoms with E-state index in [1.165, 1.54) is 5.56 Å². The fraction of sp³-hybridized carbons (Fsp3) is 0.618. The summed E-state index contributed by atoms with van der Waals surface area (Å²) in [6.07, 6.45) is 3.06. The first kappa shape index (κ1) is 35.2. The van der Waals surface area contributed by atoms with Crippen LogP contribution in [0.3, 0.4) is 0 Å². The molecule has 0 spiro atoms. The molecule has 2 aromatic rings. The van der Waals surface area contributed by atoms with E-state index in [4.69, 9.17) is 23.7 Å². The third-order valence-corrected chi connectivity index (χ3v) is 7.84. The molecule has 2 rings (SSSR count). The van der Waals surface area contributed by atoms with Crippen LogP contribution >= 0.6 is 0 Å². The molecule has 2 N–H and O–H groups in total. The number of rotatable bonds is 20. The van der Waals surface area contributed by atoms with Crippen molar-refractivity contribution < 1.29 is 33.6 Å². The molecule has 0 bridgehead atoms. The Hall–Kier alpha value is -2.97. The van der Waals surface area contributed by atoms with Crippen LogP contribution in [0.2, 0.25) is 0 Å². The van der Waals surface area contributed by atoms with Gasteiger partial charge >= 0.3 is 0 Å². The van der Waals surface area contributed by atoms with Crippen molar-refractivity contribution in [3.8, 4) is 23.0 Å². The molecular weight excluding hydrogens is 534 g/mol. The van der Waals surface area contributed by atoms with Crippen molar-refractivity contribution in [2.24, 2.45) is 23.7 Å². The molecule has 0 saturated heterocycles. The van der Waals surface area contributed by atoms with Crippen LogP contribution < -0.4 is 24.3 Å². The molecule has 0 aliphatic carbocycles. The molecule has 2 unspecified atom stereocenters. The average molecular weight is 588 g/mol. The Labute approximate surface area is 253 Å². The minimum atomic E-state index is -0.558. The zero-order chi connectivity index (χ0) is 31.1. The van der Waals surface area contributed by atoms with Crippen LogP contribution in [-0.4, -0.2) is 58.8 Å². The van der Waals surface area contributed by atoms with Gasteiger partial charge in [-0.2, -0.15) is 0 Å². The van der Waals surface area contributed by atoms with Crippen molar-refractivity contribution in [1.29, 1.82) is 0 Å². The Morgan fingerprint density at radius 1 is 0.810 bits per heavy atom. The molecule has 8 heteroatoms. The van der Waals surface area contributed by atoms with Gasteiger partial charge in [0.2, 0.25) is 5.91 Å². The first-order chi connectivity index (χ1) is 20.1. The molecule has 236 valence electrons. The second kappa shape index (κ2) is 18.5. The van der Waals surface area contributed by atoms with E-state index in [0.717, 1.165) is 36.3 Å². The number of ether oxygens (including phenoxy) is 5. The summed E-state index contributed by atoms with van der Waals surface area (Å²) in [7, 11) is 6.54. The van der Waals surface area contributed by atoms with Crippen LogP contribution in [0.4, 0.5) is 0 Å². The normalized spacial score (nSPS) is 13.5. The zero-order valence-electron chi connectivity index (χ0n) is 26.9. The molecular formula is C34H53NO7. The molecule has 3 atom stereocenters. The summed E-state index contributed by atoms with van der Waals surface area (Å²) < 4.78 is 27.3. The predicted octanol–water partition coefficient (Wildman–Crippen LogP) is 6.06. The van der Waals surface area contributed by atoms with E-state index in [1.807, 2.05) is 32.0 Å². The lowest BCUT2D eigenvalue weighted by Gasteiger charge is -2.26. The molecule has 8 nitrogen and oxygen atoms in total. The number of aliphatic hydroxyl groups is 1. The Bertz CT molecular complexity index is 1050. The summed E-state index contributed by atoms with van der Waals surface area (Å²) in [6.45, 7) is 10.1. The highest BCUT2D eigenvalue weighted by molar-refractivity contribution is 5.79. The lowest BCUT2D eigenvalue weighted by atomic mass is 9.82. The average Bonchev–Trinajstić information content (AvgIpc) is 2.98. The van der Waals surface area contributed by atoms with Crippen LogP contribution in [-0.2, 0) is 22.5 Å². The molecule has 0 fully saturated rings. The second-order valence-corrected chi connectivity index (χ2v) is 11.6. The van der Waals surface area contributed by atoms with Crippen molar-refractivity contribution >= 4 is 5.91 Å². The van der Waals surface area contributed by atoms with Gasteiger partial charge in [-0.25, -0.2) is 0 Å². The topological polar surface area (TPSA) is 95.5 Å². The highest BCUT2D eigenvalue weighted by atomic mass is 16.5. The van der Waals surface area contributed by atoms with Crippen LogP contribution in [0.5, 0.6) is 23.0 Å². The third-order valence-electron chi connectivity index (χ3n) is 7.84. The second-order valence-electron chi connectivity index (χ2n) is 11.6. The summed E-state index contributed by atoms with van der Waals surface area (Å²) in [4.78, 5) is 13.2. The summed E-state index contributed by atoms with van der Waals surface area (Å²) in [5.41, 5.74) is 2.07. The Morgan fingerprint density at radius 3 is 2.07 bits per heavy atom. The van der Waals surface area contributed by atoms with Gasteiger partial charge in [-0.3, -0.25) is 4.79 Å². The van der Waals surface area contributed by atoms with Crippen molar-refractivity contribution in [2.45, 2.75) is 72.4 Å². The monoisotopic (exact) mass is 587 g/mol. The smallest absolute Gasteiger partial charge is 0.223 e. The Balaban J connectivity index is 1.97. The van der Waals surface area contributed by atoms with Gasteiger partial charge in [0.15, 0.2) is 11.5 Å². The summed E-state index contributed by atoms with van der Waals surface area (Å²) >= 11 is 0. The van der Waals surface area contributed by atoms with Gasteiger partial charge in [0, 0.05) is 38.7 Å². The molecule has 0 aliphatic heterocycles. The number of hydrogen-bond acceptors (Lipinski definition) is 7. The van der Waals surface area contributed by atoms with E-state index in [2.05, 4.69) is 31.3 Å². The maximum Gasteiger partial charge on any atom is 0.223 e. The van der Waals surface area contributed by atoms with Gasteiger partial charge in [0.1, 0.15) is 11.5 Å². The first-order valence-electron chi connectivity index (χ1n) is 15.1. The molecule has 0 aromatic heterocycles. The largest absolute Gasteiger partial charge is 0.497 e. The molecule has 0 heterocycles. The lowest BCUT2D eigenvalue weighted by Crippen LogP contribution is -2.35. The maximum absolute atomic E-state index is 13.2. The SMILES string of the molecule is COCCCOc1cc(CC(CC[C@@H](O)CC(C(=O)NCc2cc(OC)cc(OC)c2)C(C)C)C(C)C)ccc1OC. The summed E-state index contributed by atoms with van der Waals surface area (Å²) in [5, 5.41) is 14.1. The van der Waals surface area contributed by atoms with Gasteiger partial charge in [-0.15, -0.1) is 0 Å². The number of hydrogen-bond donors (Lipinski definition) is 2. The molecule has 0 radical (unpaired) electrons. The van der Waals surface area contributed by atoms with Gasteiger partial charge in [-0.1, -0.05) is 33.8 Å². The third kappa shape index (κ3) is 11.7. The quantitative estimate of drug-likeness (QED) is 0.182. The van der Waals surface area contributed by atoms with Crippen LogP contribution in [0, 0.1) is 23.7 Å². The van der Waals surface area contributed by atoms with E-state index in [0.29, 0.717) is 55.9 Å². The van der Waals surface area contributed by atoms with Crippen LogP contribution in [0.25, 0.3) is 0 Å². The van der Waals surface area contributed by atoms with E-state index in [1.54, 1.807) is 34.5 Å². The molecule has 2 aromatic carbocycles. The standard InChI is InChI=1S/C34H53NO7/c1-23(2)27(16-25-10-13-32(41-8)33(19-25)42-15-9-14-38-5)11-12-28(36)20-31(24(3)4)34(37)35-22-26-17-29(39-6)21-30(18-26)40-7/h10,13,17-19,21,23-24,27-28,31,36H,9,11-12,14-16,20,22H2,1-8H3,(H,35,37)/t27?,28-,31?/m1/s1. The van der Waals surface area contributed by atoms with Gasteiger partial charge in [0.05, 0.1) is 34.0 Å². The van der Waals surface area contributed by atoms with Crippen molar-refractivity contribution in [3.05, 3.63) is 47.5 Å². The number of aliphatic hydroxyl groups excluding tert-OH is 1. The molecule has 0 saturated carbocycles. The number of carbonyl (C=O) groups is 1. The summed E-state index contributed by atoms with van der Waals surface area (Å²) in [5.74, 6) is 3.39. The molecule has 42 heavy (non-hydrogen) atoms. The highest BCUT2D eigenvalue weighted by Gasteiger charge is 2.26. The number of amides is 1. The lowest BCUT2D eigenvalue weighted by molar-refractivity contribution is -0.127. The molecule has 0 aliphatic rings. The van der Waals surface area contributed by atoms with Gasteiger partial charge in [0.25, 0.3) is 0 Å². The van der Waals surface area contributed by atoms with Crippen molar-refractivity contribution in [3.63, 3.8) is 0 Å². The Morgan fingerprint density at radius 2 is 1.50 bits per heavy atom. The fourth-order valence-corrected chi connectivity index (χ4v) is 5.11. The van der Waals surface area contributed by atoms with Gasteiger partial charge in [-0.05, 0) is 78.8 Å². The van der Waals surface area contributed by atoms with Crippen LogP contribution in [0.1, 0.15) is 64.5 Å². The predicted molar refractivity (Wildman–Crippen MR) is 167 cm³/mol. The van der Waals surface area contributed by atoms with E-state index in [-0.39, 0.29) is 17.7 Å². The van der Waals surface area contributed by atoms with Gasteiger partial charge < -0.3 is 34.1 Å². The summed E-state index contributed by atoms with van der Waals surface area (Å²) in [6, 6.07) is 11.7. The van der Waals surface area contributed by atoms with Crippen LogP contribution in [0.15, 0.2) is 36.4 Å². The molecule has 1 amide bonds. The number of methoxy groups -OCH3 is 4. The van der Waals surface area contributed by atoms with Crippen molar-refractivity contribution in [2.75, 3.05) is 41.7 Å². The van der Waals surface area contributed by atoms with E-state index < -0.39 is 6.10 Å². The number of nitrogens with one attached hydrogen (secondary N) is 1. The highest BCUT2D eigenvalue weighted by Crippen LogP contribution is 2.32. The first-order valence-corrected chi connectivity index (χ1v) is 15.1. The number of carbonyl (C=O) groups excluding carboxylic acids is 1. The van der Waals surface area contributed by atoms with E-state index >= 15 is 0 Å².